The van der Waals surface area contributed by atoms with E-state index in [1.165, 1.54) is 4.90 Å². The highest BCUT2D eigenvalue weighted by Gasteiger charge is 2.37. The summed E-state index contributed by atoms with van der Waals surface area (Å²) in [5, 5.41) is -0.681. The first-order valence-corrected chi connectivity index (χ1v) is 8.27. The van der Waals surface area contributed by atoms with Gasteiger partial charge in [0.2, 0.25) is 5.91 Å². The summed E-state index contributed by atoms with van der Waals surface area (Å²) >= 11 is 5.82. The highest BCUT2D eigenvalue weighted by atomic mass is 35.5. The maximum atomic E-state index is 12.1. The van der Waals surface area contributed by atoms with Gasteiger partial charge in [0.1, 0.15) is 22.9 Å². The highest BCUT2D eigenvalue weighted by molar-refractivity contribution is 7.91. The molecule has 0 aliphatic carbocycles. The van der Waals surface area contributed by atoms with Crippen LogP contribution in [0.5, 0.6) is 0 Å². The summed E-state index contributed by atoms with van der Waals surface area (Å²) in [6.07, 6.45) is 0. The fourth-order valence-electron chi connectivity index (χ4n) is 2.17. The molecule has 0 bridgehead atoms. The predicted octanol–water partition coefficient (Wildman–Crippen LogP) is 1.51. The normalized spacial score (nSPS) is 24.2. The molecule has 1 aliphatic heterocycles. The Morgan fingerprint density at radius 2 is 2.21 bits per heavy atom. The Kier molecular flexibility index (Phi) is 3.92. The predicted molar refractivity (Wildman–Crippen MR) is 71.9 cm³/mol. The molecule has 2 heterocycles. The molecule has 1 aliphatic rings. The first-order chi connectivity index (χ1) is 8.80. The van der Waals surface area contributed by atoms with E-state index >= 15 is 0 Å². The summed E-state index contributed by atoms with van der Waals surface area (Å²) in [5.74, 6) is 0.764. The second kappa shape index (κ2) is 5.17. The van der Waals surface area contributed by atoms with Crippen LogP contribution in [0.3, 0.4) is 0 Å². The molecule has 0 spiro atoms. The first kappa shape index (κ1) is 14.4. The molecule has 106 valence electrons. The van der Waals surface area contributed by atoms with Crippen LogP contribution in [0.1, 0.15) is 24.5 Å². The van der Waals surface area contributed by atoms with E-state index in [2.05, 4.69) is 0 Å². The molecule has 2 atom stereocenters. The number of sulfone groups is 1. The molecule has 0 radical (unpaired) electrons. The minimum Gasteiger partial charge on any atom is -0.464 e. The average Bonchev–Trinajstić information content (AvgIpc) is 2.73. The van der Waals surface area contributed by atoms with Gasteiger partial charge in [-0.15, -0.1) is 11.6 Å². The Morgan fingerprint density at radius 3 is 2.74 bits per heavy atom. The van der Waals surface area contributed by atoms with Gasteiger partial charge in [-0.25, -0.2) is 8.42 Å². The molecule has 1 aromatic heterocycles. The molecule has 1 fully saturated rings. The van der Waals surface area contributed by atoms with Crippen LogP contribution in [0, 0.1) is 6.92 Å². The molecule has 7 heteroatoms. The van der Waals surface area contributed by atoms with Crippen LogP contribution in [-0.4, -0.2) is 42.7 Å². The standard InChI is InChI=1S/C12H16ClNO4S/c1-8-3-4-11(18-8)10-7-19(16,17)6-5-14(10)12(15)9(2)13/h3-4,9-10H,5-7H2,1-2H3. The summed E-state index contributed by atoms with van der Waals surface area (Å²) in [6.45, 7) is 3.51. The molecule has 2 rings (SSSR count). The third-order valence-corrected chi connectivity index (χ3v) is 4.96. The zero-order valence-electron chi connectivity index (χ0n) is 10.8. The van der Waals surface area contributed by atoms with Gasteiger partial charge in [-0.05, 0) is 26.0 Å². The number of aryl methyl sites for hydroxylation is 1. The Hall–Kier alpha value is -1.01. The van der Waals surface area contributed by atoms with Crippen molar-refractivity contribution in [2.75, 3.05) is 18.1 Å². The number of alkyl halides is 1. The summed E-state index contributed by atoms with van der Waals surface area (Å²) in [5.41, 5.74) is 0. The van der Waals surface area contributed by atoms with Gasteiger partial charge in [-0.1, -0.05) is 0 Å². The largest absolute Gasteiger partial charge is 0.464 e. The van der Waals surface area contributed by atoms with Gasteiger partial charge in [-0.3, -0.25) is 4.79 Å². The van der Waals surface area contributed by atoms with Crippen LogP contribution >= 0.6 is 11.6 Å². The van der Waals surface area contributed by atoms with Gasteiger partial charge in [0.25, 0.3) is 0 Å². The van der Waals surface area contributed by atoms with Gasteiger partial charge >= 0.3 is 0 Å². The lowest BCUT2D eigenvalue weighted by Gasteiger charge is -2.34. The maximum Gasteiger partial charge on any atom is 0.241 e. The van der Waals surface area contributed by atoms with Crippen molar-refractivity contribution in [3.8, 4) is 0 Å². The van der Waals surface area contributed by atoms with Gasteiger partial charge in [0.05, 0.1) is 11.5 Å². The molecular weight excluding hydrogens is 290 g/mol. The average molecular weight is 306 g/mol. The Bertz CT molecular complexity index is 578. The monoisotopic (exact) mass is 305 g/mol. The van der Waals surface area contributed by atoms with Crippen molar-refractivity contribution in [2.24, 2.45) is 0 Å². The molecule has 5 nitrogen and oxygen atoms in total. The summed E-state index contributed by atoms with van der Waals surface area (Å²) in [4.78, 5) is 13.6. The van der Waals surface area contributed by atoms with Gasteiger partial charge in [0.15, 0.2) is 9.84 Å². The van der Waals surface area contributed by atoms with E-state index in [-0.39, 0.29) is 24.0 Å². The van der Waals surface area contributed by atoms with Crippen LogP contribution in [0.2, 0.25) is 0 Å². The van der Waals surface area contributed by atoms with E-state index in [9.17, 15) is 13.2 Å². The second-order valence-corrected chi connectivity index (χ2v) is 7.61. The number of nitrogens with zero attached hydrogens (tertiary/aromatic N) is 1. The number of hydrogen-bond acceptors (Lipinski definition) is 4. The number of hydrogen-bond donors (Lipinski definition) is 0. The molecule has 0 saturated carbocycles. The molecule has 1 saturated heterocycles. The number of amides is 1. The quantitative estimate of drug-likeness (QED) is 0.777. The van der Waals surface area contributed by atoms with Crippen LogP contribution in [0.15, 0.2) is 16.5 Å². The summed E-state index contributed by atoms with van der Waals surface area (Å²) in [7, 11) is -3.16. The van der Waals surface area contributed by atoms with Gasteiger partial charge in [-0.2, -0.15) is 0 Å². The fourth-order valence-corrected chi connectivity index (χ4v) is 3.76. The fraction of sp³-hybridized carbons (Fsp3) is 0.583. The van der Waals surface area contributed by atoms with E-state index in [1.807, 2.05) is 0 Å². The zero-order chi connectivity index (χ0) is 14.2. The smallest absolute Gasteiger partial charge is 0.241 e. The van der Waals surface area contributed by atoms with Crippen molar-refractivity contribution < 1.29 is 17.6 Å². The second-order valence-electron chi connectivity index (χ2n) is 4.73. The SMILES string of the molecule is Cc1ccc(C2CS(=O)(=O)CCN2C(=O)C(C)Cl)o1. The maximum absolute atomic E-state index is 12.1. The van der Waals surface area contributed by atoms with E-state index in [0.717, 1.165) is 0 Å². The van der Waals surface area contributed by atoms with E-state index in [1.54, 1.807) is 26.0 Å². The first-order valence-electron chi connectivity index (χ1n) is 6.01. The number of furan rings is 1. The Labute approximate surface area is 117 Å². The topological polar surface area (TPSA) is 67.6 Å². The van der Waals surface area contributed by atoms with E-state index < -0.39 is 21.3 Å². The van der Waals surface area contributed by atoms with E-state index in [0.29, 0.717) is 11.5 Å². The van der Waals surface area contributed by atoms with Crippen LogP contribution in [-0.2, 0) is 14.6 Å². The number of carbonyl (C=O) groups is 1. The number of halogens is 1. The molecule has 0 N–H and O–H groups in total. The van der Waals surface area contributed by atoms with Gasteiger partial charge in [0, 0.05) is 6.54 Å². The zero-order valence-corrected chi connectivity index (χ0v) is 12.4. The van der Waals surface area contributed by atoms with Crippen molar-refractivity contribution >= 4 is 27.3 Å². The highest BCUT2D eigenvalue weighted by Crippen LogP contribution is 2.29. The lowest BCUT2D eigenvalue weighted by molar-refractivity contribution is -0.132. The van der Waals surface area contributed by atoms with Crippen LogP contribution in [0.4, 0.5) is 0 Å². The van der Waals surface area contributed by atoms with Crippen molar-refractivity contribution in [3.63, 3.8) is 0 Å². The lowest BCUT2D eigenvalue weighted by Crippen LogP contribution is -2.48. The van der Waals surface area contributed by atoms with Crippen molar-refractivity contribution in [3.05, 3.63) is 23.7 Å². The minimum absolute atomic E-state index is 0.0292. The van der Waals surface area contributed by atoms with Crippen molar-refractivity contribution in [1.29, 1.82) is 0 Å². The molecule has 1 amide bonds. The van der Waals surface area contributed by atoms with Crippen LogP contribution in [0.25, 0.3) is 0 Å². The Balaban J connectivity index is 2.34. The molecule has 2 unspecified atom stereocenters. The van der Waals surface area contributed by atoms with Crippen molar-refractivity contribution in [2.45, 2.75) is 25.3 Å². The van der Waals surface area contributed by atoms with Crippen molar-refractivity contribution in [1.82, 2.24) is 4.90 Å². The molecule has 19 heavy (non-hydrogen) atoms. The third kappa shape index (κ3) is 3.12. The summed E-state index contributed by atoms with van der Waals surface area (Å²) in [6, 6.07) is 2.88. The lowest BCUT2D eigenvalue weighted by atomic mass is 10.2. The number of rotatable bonds is 2. The molecular formula is C12H16ClNO4S. The van der Waals surface area contributed by atoms with Crippen LogP contribution < -0.4 is 0 Å². The minimum atomic E-state index is -3.16. The summed E-state index contributed by atoms with van der Waals surface area (Å²) < 4.78 is 29.0. The third-order valence-electron chi connectivity index (χ3n) is 3.14. The molecule has 0 aromatic carbocycles. The van der Waals surface area contributed by atoms with Gasteiger partial charge < -0.3 is 9.32 Å². The molecule has 1 aromatic rings. The number of carbonyl (C=O) groups excluding carboxylic acids is 1. The van der Waals surface area contributed by atoms with E-state index in [4.69, 9.17) is 16.0 Å². The Morgan fingerprint density at radius 1 is 1.53 bits per heavy atom.